The molecule has 0 spiro atoms. The summed E-state index contributed by atoms with van der Waals surface area (Å²) in [5.41, 5.74) is 1.31. The Bertz CT molecular complexity index is 664. The van der Waals surface area contributed by atoms with Gasteiger partial charge in [-0.15, -0.1) is 0 Å². The van der Waals surface area contributed by atoms with E-state index in [1.54, 1.807) is 16.7 Å². The highest BCUT2D eigenvalue weighted by atomic mass is 19.1. The van der Waals surface area contributed by atoms with Gasteiger partial charge in [-0.05, 0) is 57.5 Å². The average molecular weight is 318 g/mol. The first kappa shape index (κ1) is 15.9. The van der Waals surface area contributed by atoms with Crippen molar-refractivity contribution in [3.63, 3.8) is 0 Å². The van der Waals surface area contributed by atoms with Gasteiger partial charge >= 0.3 is 0 Å². The zero-order valence-electron chi connectivity index (χ0n) is 13.3. The van der Waals surface area contributed by atoms with Gasteiger partial charge in [0, 0.05) is 18.9 Å². The van der Waals surface area contributed by atoms with Crippen molar-refractivity contribution in [2.24, 2.45) is 0 Å². The van der Waals surface area contributed by atoms with Crippen molar-refractivity contribution in [1.82, 2.24) is 19.6 Å². The number of halogens is 1. The van der Waals surface area contributed by atoms with Gasteiger partial charge in [0.15, 0.2) is 0 Å². The van der Waals surface area contributed by atoms with Crippen molar-refractivity contribution >= 4 is 11.6 Å². The number of unbranched alkanes of at least 4 members (excludes halogenated alkanes) is 1. The van der Waals surface area contributed by atoms with Crippen LogP contribution in [0.4, 0.5) is 4.39 Å². The van der Waals surface area contributed by atoms with Crippen LogP contribution in [0, 0.1) is 5.82 Å². The standard InChI is InChI=1S/C17H23FN4O/c18-14-5-6-16-20-15(13-22(16)12-14)11-17(23)19-7-1-2-8-21-9-3-4-10-21/h5-6,12-13H,1-4,7-11H2,(H,19,23). The first-order chi connectivity index (χ1) is 11.2. The molecule has 6 heteroatoms. The van der Waals surface area contributed by atoms with E-state index < -0.39 is 0 Å². The molecule has 1 N–H and O–H groups in total. The van der Waals surface area contributed by atoms with Crippen LogP contribution in [0.3, 0.4) is 0 Å². The summed E-state index contributed by atoms with van der Waals surface area (Å²) in [6, 6.07) is 2.97. The molecule has 124 valence electrons. The van der Waals surface area contributed by atoms with Gasteiger partial charge in [0.05, 0.1) is 12.1 Å². The number of imidazole rings is 1. The maximum Gasteiger partial charge on any atom is 0.226 e. The molecule has 3 rings (SSSR count). The number of aromatic nitrogens is 2. The predicted molar refractivity (Wildman–Crippen MR) is 86.8 cm³/mol. The summed E-state index contributed by atoms with van der Waals surface area (Å²) in [5, 5.41) is 2.93. The Morgan fingerprint density at radius 1 is 1.22 bits per heavy atom. The first-order valence-electron chi connectivity index (χ1n) is 8.33. The highest BCUT2D eigenvalue weighted by Gasteiger charge is 2.11. The molecule has 1 fully saturated rings. The van der Waals surface area contributed by atoms with E-state index in [1.165, 1.54) is 38.2 Å². The highest BCUT2D eigenvalue weighted by molar-refractivity contribution is 5.78. The molecule has 2 aromatic rings. The lowest BCUT2D eigenvalue weighted by molar-refractivity contribution is -0.120. The Hall–Kier alpha value is -1.95. The van der Waals surface area contributed by atoms with Crippen LogP contribution in [0.25, 0.3) is 5.65 Å². The number of rotatable bonds is 7. The number of likely N-dealkylation sites (tertiary alicyclic amines) is 1. The van der Waals surface area contributed by atoms with Crippen LogP contribution < -0.4 is 5.32 Å². The maximum absolute atomic E-state index is 13.1. The number of amides is 1. The van der Waals surface area contributed by atoms with Crippen molar-refractivity contribution in [2.75, 3.05) is 26.2 Å². The molecule has 2 aromatic heterocycles. The van der Waals surface area contributed by atoms with Crippen LogP contribution in [0.2, 0.25) is 0 Å². The summed E-state index contributed by atoms with van der Waals surface area (Å²) >= 11 is 0. The van der Waals surface area contributed by atoms with Crippen LogP contribution in [0.1, 0.15) is 31.4 Å². The van der Waals surface area contributed by atoms with Crippen molar-refractivity contribution in [1.29, 1.82) is 0 Å². The zero-order chi connectivity index (χ0) is 16.1. The molecule has 23 heavy (non-hydrogen) atoms. The number of pyridine rings is 1. The molecule has 1 aliphatic rings. The fraction of sp³-hybridized carbons (Fsp3) is 0.529. The van der Waals surface area contributed by atoms with Crippen LogP contribution in [-0.4, -0.2) is 46.4 Å². The number of carbonyl (C=O) groups is 1. The fourth-order valence-corrected chi connectivity index (χ4v) is 3.02. The minimum Gasteiger partial charge on any atom is -0.356 e. The SMILES string of the molecule is O=C(Cc1cn2cc(F)ccc2n1)NCCCCN1CCCC1. The van der Waals surface area contributed by atoms with Crippen LogP contribution >= 0.6 is 0 Å². The minimum absolute atomic E-state index is 0.0324. The molecular formula is C17H23FN4O. The second-order valence-electron chi connectivity index (χ2n) is 6.13. The minimum atomic E-state index is -0.316. The summed E-state index contributed by atoms with van der Waals surface area (Å²) in [6.45, 7) is 4.28. The Morgan fingerprint density at radius 3 is 2.87 bits per heavy atom. The summed E-state index contributed by atoms with van der Waals surface area (Å²) in [4.78, 5) is 18.7. The van der Waals surface area contributed by atoms with Gasteiger partial charge in [-0.3, -0.25) is 4.79 Å². The quantitative estimate of drug-likeness (QED) is 0.795. The molecule has 0 bridgehead atoms. The van der Waals surface area contributed by atoms with Gasteiger partial charge < -0.3 is 14.6 Å². The maximum atomic E-state index is 13.1. The van der Waals surface area contributed by atoms with E-state index in [0.29, 0.717) is 17.9 Å². The summed E-state index contributed by atoms with van der Waals surface area (Å²) < 4.78 is 14.7. The summed E-state index contributed by atoms with van der Waals surface area (Å²) in [5.74, 6) is -0.348. The second-order valence-corrected chi connectivity index (χ2v) is 6.13. The number of fused-ring (bicyclic) bond motifs is 1. The van der Waals surface area contributed by atoms with Crippen molar-refractivity contribution in [3.8, 4) is 0 Å². The third-order valence-corrected chi connectivity index (χ3v) is 4.23. The van der Waals surface area contributed by atoms with Gasteiger partial charge in [-0.25, -0.2) is 9.37 Å². The number of nitrogens with zero attached hydrogens (tertiary/aromatic N) is 3. The van der Waals surface area contributed by atoms with Crippen molar-refractivity contribution < 1.29 is 9.18 Å². The van der Waals surface area contributed by atoms with E-state index in [-0.39, 0.29) is 18.1 Å². The molecule has 0 saturated carbocycles. The molecule has 0 aromatic carbocycles. The van der Waals surface area contributed by atoms with E-state index in [1.807, 2.05) is 0 Å². The van der Waals surface area contributed by atoms with E-state index in [9.17, 15) is 9.18 Å². The Labute approximate surface area is 135 Å². The smallest absolute Gasteiger partial charge is 0.226 e. The number of hydrogen-bond donors (Lipinski definition) is 1. The van der Waals surface area contributed by atoms with Gasteiger partial charge in [-0.1, -0.05) is 0 Å². The van der Waals surface area contributed by atoms with Crippen LogP contribution in [0.5, 0.6) is 0 Å². The van der Waals surface area contributed by atoms with Crippen molar-refractivity contribution in [2.45, 2.75) is 32.1 Å². The van der Waals surface area contributed by atoms with Gasteiger partial charge in [0.1, 0.15) is 11.5 Å². The molecular weight excluding hydrogens is 295 g/mol. The molecule has 0 aliphatic carbocycles. The normalized spacial score (nSPS) is 15.3. The predicted octanol–water partition coefficient (Wildman–Crippen LogP) is 2.01. The number of carbonyl (C=O) groups excluding carboxylic acids is 1. The number of nitrogens with one attached hydrogen (secondary N) is 1. The topological polar surface area (TPSA) is 49.6 Å². The Morgan fingerprint density at radius 2 is 2.04 bits per heavy atom. The molecule has 0 atom stereocenters. The molecule has 0 unspecified atom stereocenters. The number of hydrogen-bond acceptors (Lipinski definition) is 3. The Kier molecular flexibility index (Phi) is 5.23. The largest absolute Gasteiger partial charge is 0.356 e. The molecule has 0 radical (unpaired) electrons. The molecule has 1 aliphatic heterocycles. The monoisotopic (exact) mass is 318 g/mol. The Balaban J connectivity index is 1.38. The lowest BCUT2D eigenvalue weighted by Crippen LogP contribution is -2.27. The molecule has 1 amide bonds. The molecule has 3 heterocycles. The third kappa shape index (κ3) is 4.51. The van der Waals surface area contributed by atoms with Gasteiger partial charge in [-0.2, -0.15) is 0 Å². The van der Waals surface area contributed by atoms with Gasteiger partial charge in [0.2, 0.25) is 5.91 Å². The average Bonchev–Trinajstić information content (AvgIpc) is 3.15. The zero-order valence-corrected chi connectivity index (χ0v) is 13.3. The lowest BCUT2D eigenvalue weighted by atomic mass is 10.2. The lowest BCUT2D eigenvalue weighted by Gasteiger charge is -2.13. The second kappa shape index (κ2) is 7.55. The van der Waals surface area contributed by atoms with Crippen molar-refractivity contribution in [3.05, 3.63) is 36.0 Å². The van der Waals surface area contributed by atoms with E-state index in [0.717, 1.165) is 19.4 Å². The highest BCUT2D eigenvalue weighted by Crippen LogP contribution is 2.09. The molecule has 1 saturated heterocycles. The summed E-state index contributed by atoms with van der Waals surface area (Å²) in [6.07, 6.45) is 8.05. The van der Waals surface area contributed by atoms with E-state index >= 15 is 0 Å². The van der Waals surface area contributed by atoms with Crippen LogP contribution in [0.15, 0.2) is 24.5 Å². The summed E-state index contributed by atoms with van der Waals surface area (Å²) in [7, 11) is 0. The van der Waals surface area contributed by atoms with Gasteiger partial charge in [0.25, 0.3) is 0 Å². The van der Waals surface area contributed by atoms with E-state index in [4.69, 9.17) is 0 Å². The molecule has 5 nitrogen and oxygen atoms in total. The first-order valence-corrected chi connectivity index (χ1v) is 8.33. The third-order valence-electron chi connectivity index (χ3n) is 4.23. The fourth-order valence-electron chi connectivity index (χ4n) is 3.02. The van der Waals surface area contributed by atoms with E-state index in [2.05, 4.69) is 15.2 Å². The van der Waals surface area contributed by atoms with Crippen LogP contribution in [-0.2, 0) is 11.2 Å².